The Morgan fingerprint density at radius 3 is 2.62 bits per heavy atom. The van der Waals surface area contributed by atoms with E-state index in [0.717, 1.165) is 36.1 Å². The van der Waals surface area contributed by atoms with E-state index in [4.69, 9.17) is 4.84 Å². The topological polar surface area (TPSA) is 55.7 Å². The van der Waals surface area contributed by atoms with E-state index in [1.54, 1.807) is 18.0 Å². The monoisotopic (exact) mass is 477 g/mol. The van der Waals surface area contributed by atoms with Crippen LogP contribution in [0.3, 0.4) is 0 Å². The van der Waals surface area contributed by atoms with Crippen LogP contribution < -0.4 is 0 Å². The molecule has 0 bridgehead atoms. The molecule has 5 heteroatoms. The number of allylic oxidation sites excluding steroid dienone is 4. The number of nitrogens with zero attached hydrogens (tertiary/aromatic N) is 1. The summed E-state index contributed by atoms with van der Waals surface area (Å²) in [7, 11) is 0. The minimum atomic E-state index is -0.413. The molecule has 0 aliphatic heterocycles. The lowest BCUT2D eigenvalue weighted by atomic mass is 9.49. The summed E-state index contributed by atoms with van der Waals surface area (Å²) in [6, 6.07) is 8.60. The van der Waals surface area contributed by atoms with E-state index in [-0.39, 0.29) is 0 Å². The van der Waals surface area contributed by atoms with Crippen molar-refractivity contribution in [2.75, 3.05) is 6.26 Å². The molecule has 4 nitrogen and oxygen atoms in total. The van der Waals surface area contributed by atoms with Crippen LogP contribution in [0.2, 0.25) is 0 Å². The van der Waals surface area contributed by atoms with Gasteiger partial charge in [0.25, 0.3) is 0 Å². The van der Waals surface area contributed by atoms with E-state index in [1.807, 2.05) is 6.08 Å². The molecule has 0 radical (unpaired) electrons. The van der Waals surface area contributed by atoms with E-state index in [2.05, 4.69) is 50.2 Å². The van der Waals surface area contributed by atoms with Crippen LogP contribution in [0, 0.1) is 22.7 Å². The van der Waals surface area contributed by atoms with Gasteiger partial charge in [0.2, 0.25) is 0 Å². The van der Waals surface area contributed by atoms with E-state index in [9.17, 15) is 9.59 Å². The Hall–Kier alpha value is -2.14. The van der Waals surface area contributed by atoms with Gasteiger partial charge in [-0.1, -0.05) is 55.8 Å². The fraction of sp³-hybridized carbons (Fsp3) is 0.552. The second-order valence-electron chi connectivity index (χ2n) is 11.4. The summed E-state index contributed by atoms with van der Waals surface area (Å²) in [6.45, 7) is 7.51. The molecular formula is C29H35NO3S. The summed E-state index contributed by atoms with van der Waals surface area (Å²) in [4.78, 5) is 28.3. The second-order valence-corrected chi connectivity index (χ2v) is 12.1. The van der Waals surface area contributed by atoms with Gasteiger partial charge < -0.3 is 4.84 Å². The number of hydrogen-bond acceptors (Lipinski definition) is 5. The van der Waals surface area contributed by atoms with Crippen molar-refractivity contribution in [3.05, 3.63) is 58.2 Å². The summed E-state index contributed by atoms with van der Waals surface area (Å²) in [5, 5.41) is 3.40. The highest BCUT2D eigenvalue weighted by molar-refractivity contribution is 8.12. The van der Waals surface area contributed by atoms with Crippen molar-refractivity contribution in [2.24, 2.45) is 27.8 Å². The molecular weight excluding hydrogens is 442 g/mol. The van der Waals surface area contributed by atoms with Crippen molar-refractivity contribution < 1.29 is 14.4 Å². The fourth-order valence-corrected chi connectivity index (χ4v) is 7.52. The van der Waals surface area contributed by atoms with Crippen molar-refractivity contribution >= 4 is 29.1 Å². The lowest BCUT2D eigenvalue weighted by Crippen LogP contribution is -2.46. The molecule has 2 unspecified atom stereocenters. The van der Waals surface area contributed by atoms with Gasteiger partial charge in [-0.15, -0.1) is 0 Å². The first-order valence-electron chi connectivity index (χ1n) is 12.6. The van der Waals surface area contributed by atoms with Crippen LogP contribution in [0.4, 0.5) is 4.79 Å². The molecule has 0 N–H and O–H groups in total. The molecule has 2 saturated carbocycles. The number of ketones is 1. The highest BCUT2D eigenvalue weighted by Crippen LogP contribution is 2.69. The number of rotatable bonds is 3. The Bertz CT molecular complexity index is 1100. The Morgan fingerprint density at radius 1 is 1.12 bits per heavy atom. The summed E-state index contributed by atoms with van der Waals surface area (Å²) in [6.07, 6.45) is 12.8. The molecule has 0 aromatic heterocycles. The average molecular weight is 478 g/mol. The lowest BCUT2D eigenvalue weighted by molar-refractivity contribution is -0.114. The minimum Gasteiger partial charge on any atom is -0.307 e. The first-order chi connectivity index (χ1) is 16.2. The maximum atomic E-state index is 12.2. The Balaban J connectivity index is 1.53. The molecule has 4 aliphatic rings. The smallest absolute Gasteiger partial charge is 0.307 e. The zero-order chi connectivity index (χ0) is 24.1. The third kappa shape index (κ3) is 3.90. The molecule has 1 aromatic rings. The quantitative estimate of drug-likeness (QED) is 0.258. The molecule has 4 atom stereocenters. The van der Waals surface area contributed by atoms with Gasteiger partial charge in [-0.25, -0.2) is 4.79 Å². The Labute approximate surface area is 207 Å². The van der Waals surface area contributed by atoms with Crippen LogP contribution in [0.1, 0.15) is 82.8 Å². The molecule has 0 saturated heterocycles. The second kappa shape index (κ2) is 8.82. The summed E-state index contributed by atoms with van der Waals surface area (Å²) in [5.74, 6) is 2.04. The molecule has 4 aliphatic carbocycles. The number of benzene rings is 1. The van der Waals surface area contributed by atoms with Crippen LogP contribution in [0.25, 0.3) is 0 Å². The third-order valence-corrected chi connectivity index (χ3v) is 9.99. The molecule has 2 fully saturated rings. The summed E-state index contributed by atoms with van der Waals surface area (Å²) < 4.78 is 0. The zero-order valence-electron chi connectivity index (χ0n) is 20.7. The predicted molar refractivity (Wildman–Crippen MR) is 138 cm³/mol. The summed E-state index contributed by atoms with van der Waals surface area (Å²) >= 11 is 1.00. The van der Waals surface area contributed by atoms with Crippen LogP contribution in [0.15, 0.2) is 52.2 Å². The number of hydrogen-bond donors (Lipinski definition) is 0. The first kappa shape index (κ1) is 23.6. The van der Waals surface area contributed by atoms with Gasteiger partial charge in [-0.2, -0.15) is 0 Å². The molecule has 0 spiro atoms. The Morgan fingerprint density at radius 2 is 1.88 bits per heavy atom. The largest absolute Gasteiger partial charge is 0.393 e. The van der Waals surface area contributed by atoms with Crippen LogP contribution in [-0.4, -0.2) is 23.6 Å². The van der Waals surface area contributed by atoms with Crippen molar-refractivity contribution in [2.45, 2.75) is 71.6 Å². The third-order valence-electron chi connectivity index (χ3n) is 9.59. The molecule has 5 rings (SSSR count). The van der Waals surface area contributed by atoms with Crippen molar-refractivity contribution in [1.29, 1.82) is 0 Å². The van der Waals surface area contributed by atoms with E-state index in [1.165, 1.54) is 42.4 Å². The van der Waals surface area contributed by atoms with Gasteiger partial charge >= 0.3 is 5.30 Å². The first-order valence-corrected chi connectivity index (χ1v) is 13.8. The van der Waals surface area contributed by atoms with Gasteiger partial charge in [0.15, 0.2) is 5.78 Å². The van der Waals surface area contributed by atoms with Crippen molar-refractivity contribution in [3.63, 3.8) is 0 Å². The van der Waals surface area contributed by atoms with Crippen LogP contribution in [-0.2, 0) is 9.63 Å². The van der Waals surface area contributed by atoms with Crippen molar-refractivity contribution in [3.8, 4) is 0 Å². The molecule has 0 amide bonds. The average Bonchev–Trinajstić information content (AvgIpc) is 3.07. The molecule has 34 heavy (non-hydrogen) atoms. The maximum absolute atomic E-state index is 12.2. The number of fused-ring (bicyclic) bond motifs is 4. The summed E-state index contributed by atoms with van der Waals surface area (Å²) in [5.41, 5.74) is 7.37. The fourth-order valence-electron chi connectivity index (χ4n) is 7.40. The number of carbonyl (C=O) groups excluding carboxylic acids is 2. The lowest BCUT2D eigenvalue weighted by Gasteiger charge is -2.55. The minimum absolute atomic E-state index is 0.294. The normalized spacial score (nSPS) is 32.2. The van der Waals surface area contributed by atoms with Gasteiger partial charge in [0.1, 0.15) is 0 Å². The maximum Gasteiger partial charge on any atom is 0.393 e. The van der Waals surface area contributed by atoms with Gasteiger partial charge in [-0.3, -0.25) is 4.79 Å². The Kier molecular flexibility index (Phi) is 6.12. The predicted octanol–water partition coefficient (Wildman–Crippen LogP) is 7.45. The molecule has 180 valence electrons. The van der Waals surface area contributed by atoms with Gasteiger partial charge in [0.05, 0.1) is 6.21 Å². The highest BCUT2D eigenvalue weighted by atomic mass is 32.2. The number of thioether (sulfide) groups is 1. The van der Waals surface area contributed by atoms with Crippen molar-refractivity contribution in [1.82, 2.24) is 0 Å². The molecule has 0 heterocycles. The highest BCUT2D eigenvalue weighted by Gasteiger charge is 2.59. The van der Waals surface area contributed by atoms with E-state index < -0.39 is 5.30 Å². The molecule has 1 aromatic carbocycles. The van der Waals surface area contributed by atoms with E-state index in [0.29, 0.717) is 34.9 Å². The zero-order valence-corrected chi connectivity index (χ0v) is 21.5. The van der Waals surface area contributed by atoms with E-state index >= 15 is 0 Å². The number of oxime groups is 1. The standard InChI is InChI=1S/C29H35NO3S/c1-28(2)14-13-25-23-11-9-20-15-21(31)10-12-22(20)26(23)24(16-29(25,28)3)19-7-5-18(6-8-19)17-30-33-27(32)34-4/h5-8,15,17,23-25H,9-14,16H2,1-4H3/b30-17-/t23?,24-,25?,29+/m1/s1. The van der Waals surface area contributed by atoms with Crippen LogP contribution in [0.5, 0.6) is 0 Å². The van der Waals surface area contributed by atoms with Gasteiger partial charge in [-0.05, 0) is 108 Å². The number of carbonyl (C=O) groups is 2. The SMILES string of the molecule is CSC(=O)O/N=C\c1ccc([C@H]2C[C@@]3(C)C(CCC3(C)C)C3CCC4=CC(=O)CCC4=C32)cc1. The van der Waals surface area contributed by atoms with Crippen LogP contribution >= 0.6 is 11.8 Å². The van der Waals surface area contributed by atoms with Gasteiger partial charge in [0, 0.05) is 12.3 Å².